The number of amides is 2. The lowest BCUT2D eigenvalue weighted by atomic mass is 10.1. The first-order chi connectivity index (χ1) is 15.3. The van der Waals surface area contributed by atoms with Crippen molar-refractivity contribution in [3.63, 3.8) is 0 Å². The van der Waals surface area contributed by atoms with Gasteiger partial charge in [-0.1, -0.05) is 6.07 Å². The zero-order chi connectivity index (χ0) is 22.8. The van der Waals surface area contributed by atoms with E-state index in [0.29, 0.717) is 37.6 Å². The van der Waals surface area contributed by atoms with Gasteiger partial charge < -0.3 is 19.5 Å². The number of aryl methyl sites for hydroxylation is 1. The minimum atomic E-state index is -0.478. The monoisotopic (exact) mass is 436 g/mol. The fraction of sp³-hybridized carbons (Fsp3) is 0.318. The molecule has 0 radical (unpaired) electrons. The third-order valence-electron chi connectivity index (χ3n) is 5.68. The highest BCUT2D eigenvalue weighted by molar-refractivity contribution is 5.95. The Balaban J connectivity index is 1.47. The number of fused-ring (bicyclic) bond motifs is 1. The summed E-state index contributed by atoms with van der Waals surface area (Å²) >= 11 is 0. The molecule has 10 nitrogen and oxygen atoms in total. The molecule has 10 heteroatoms. The second-order valence-corrected chi connectivity index (χ2v) is 7.76. The van der Waals surface area contributed by atoms with Crippen molar-refractivity contribution in [3.05, 3.63) is 69.7 Å². The predicted molar refractivity (Wildman–Crippen MR) is 119 cm³/mol. The molecule has 1 N–H and O–H groups in total. The normalized spacial score (nSPS) is 13.9. The lowest BCUT2D eigenvalue weighted by molar-refractivity contribution is -0.384. The molecule has 0 saturated carbocycles. The number of hydrogen-bond donors (Lipinski definition) is 1. The topological polar surface area (TPSA) is 113 Å². The van der Waals surface area contributed by atoms with Crippen LogP contribution in [0.1, 0.15) is 28.7 Å². The summed E-state index contributed by atoms with van der Waals surface area (Å²) in [4.78, 5) is 43.5. The van der Waals surface area contributed by atoms with Crippen molar-refractivity contribution in [2.24, 2.45) is 0 Å². The van der Waals surface area contributed by atoms with Crippen LogP contribution in [0.15, 0.2) is 42.6 Å². The lowest BCUT2D eigenvalue weighted by Gasteiger charge is -2.35. The largest absolute Gasteiger partial charge is 0.362 e. The number of imidazole rings is 1. The van der Waals surface area contributed by atoms with Gasteiger partial charge in [-0.25, -0.2) is 4.98 Å². The minimum absolute atomic E-state index is 0.00747. The van der Waals surface area contributed by atoms with Crippen LogP contribution in [0.4, 0.5) is 11.4 Å². The highest BCUT2D eigenvalue weighted by Gasteiger charge is 2.26. The number of nitro groups is 1. The Morgan fingerprint density at radius 2 is 1.91 bits per heavy atom. The van der Waals surface area contributed by atoms with Gasteiger partial charge in [0.1, 0.15) is 11.3 Å². The Kier molecular flexibility index (Phi) is 5.76. The summed E-state index contributed by atoms with van der Waals surface area (Å²) in [5, 5.41) is 14.5. The van der Waals surface area contributed by atoms with E-state index < -0.39 is 10.8 Å². The number of carbonyl (C=O) groups excluding carboxylic acids is 2. The van der Waals surface area contributed by atoms with Gasteiger partial charge >= 0.3 is 0 Å². The number of aromatic nitrogens is 2. The number of piperazine rings is 1. The Morgan fingerprint density at radius 3 is 2.56 bits per heavy atom. The van der Waals surface area contributed by atoms with Gasteiger partial charge in [0.05, 0.1) is 17.2 Å². The van der Waals surface area contributed by atoms with Crippen molar-refractivity contribution in [1.29, 1.82) is 0 Å². The van der Waals surface area contributed by atoms with E-state index in [1.807, 2.05) is 40.6 Å². The SMILES string of the molecule is CC(=O)N1CCN(c2ccc(C(=O)NCc3cn4c(C)cccc4n3)cc2[N+](=O)[O-])CC1. The number of hydrogen-bond acceptors (Lipinski definition) is 6. The standard InChI is InChI=1S/C22H24N6O4/c1-15-4-3-5-21-24-18(14-27(15)21)13-23-22(30)17-6-7-19(20(12-17)28(31)32)26-10-8-25(9-11-26)16(2)29/h3-7,12,14H,8-11,13H2,1-2H3,(H,23,30). The average molecular weight is 436 g/mol. The molecule has 1 aliphatic heterocycles. The molecule has 1 fully saturated rings. The summed E-state index contributed by atoms with van der Waals surface area (Å²) < 4.78 is 1.94. The highest BCUT2D eigenvalue weighted by atomic mass is 16.6. The van der Waals surface area contributed by atoms with E-state index in [9.17, 15) is 19.7 Å². The number of nitrogens with zero attached hydrogens (tertiary/aromatic N) is 5. The first-order valence-electron chi connectivity index (χ1n) is 10.3. The molecule has 0 unspecified atom stereocenters. The molecule has 0 spiro atoms. The van der Waals surface area contributed by atoms with E-state index in [2.05, 4.69) is 10.3 Å². The van der Waals surface area contributed by atoms with E-state index in [0.717, 1.165) is 11.3 Å². The van der Waals surface area contributed by atoms with Crippen molar-refractivity contribution in [3.8, 4) is 0 Å². The first kappa shape index (κ1) is 21.3. The fourth-order valence-corrected chi connectivity index (χ4v) is 3.90. The molecule has 0 bridgehead atoms. The van der Waals surface area contributed by atoms with E-state index in [1.165, 1.54) is 13.0 Å². The first-order valence-corrected chi connectivity index (χ1v) is 10.3. The maximum Gasteiger partial charge on any atom is 0.293 e. The van der Waals surface area contributed by atoms with Crippen molar-refractivity contribution < 1.29 is 14.5 Å². The fourth-order valence-electron chi connectivity index (χ4n) is 3.90. The smallest absolute Gasteiger partial charge is 0.293 e. The van der Waals surface area contributed by atoms with Crippen LogP contribution in [0.3, 0.4) is 0 Å². The third-order valence-corrected chi connectivity index (χ3v) is 5.68. The summed E-state index contributed by atoms with van der Waals surface area (Å²) in [5.74, 6) is -0.415. The van der Waals surface area contributed by atoms with Gasteiger partial charge in [-0.05, 0) is 31.2 Å². The molecule has 32 heavy (non-hydrogen) atoms. The zero-order valence-corrected chi connectivity index (χ0v) is 17.9. The van der Waals surface area contributed by atoms with Crippen LogP contribution < -0.4 is 10.2 Å². The summed E-state index contributed by atoms with van der Waals surface area (Å²) in [6.45, 7) is 5.71. The van der Waals surface area contributed by atoms with Crippen LogP contribution in [0, 0.1) is 17.0 Å². The lowest BCUT2D eigenvalue weighted by Crippen LogP contribution is -2.48. The van der Waals surface area contributed by atoms with Gasteiger partial charge in [0.25, 0.3) is 11.6 Å². The van der Waals surface area contributed by atoms with Crippen molar-refractivity contribution >= 4 is 28.8 Å². The van der Waals surface area contributed by atoms with Crippen molar-refractivity contribution in [2.45, 2.75) is 20.4 Å². The zero-order valence-electron chi connectivity index (χ0n) is 17.9. The van der Waals surface area contributed by atoms with Gasteiger partial charge in [-0.15, -0.1) is 0 Å². The number of benzene rings is 1. The molecule has 0 aliphatic carbocycles. The summed E-state index contributed by atoms with van der Waals surface area (Å²) in [7, 11) is 0. The van der Waals surface area contributed by atoms with Crippen LogP contribution in [0.2, 0.25) is 0 Å². The molecule has 3 aromatic rings. The van der Waals surface area contributed by atoms with E-state index in [-0.39, 0.29) is 23.7 Å². The molecule has 1 aromatic carbocycles. The minimum Gasteiger partial charge on any atom is -0.362 e. The van der Waals surface area contributed by atoms with Crippen LogP contribution in [-0.4, -0.2) is 57.2 Å². The maximum absolute atomic E-state index is 12.7. The Hall–Kier alpha value is -3.95. The van der Waals surface area contributed by atoms with E-state index >= 15 is 0 Å². The molecule has 2 aromatic heterocycles. The maximum atomic E-state index is 12.7. The quantitative estimate of drug-likeness (QED) is 0.484. The number of nitro benzene ring substituents is 1. The molecule has 1 aliphatic rings. The second-order valence-electron chi connectivity index (χ2n) is 7.76. The Labute approximate surface area is 184 Å². The van der Waals surface area contributed by atoms with Gasteiger partial charge in [0.2, 0.25) is 5.91 Å². The number of nitrogens with one attached hydrogen (secondary N) is 1. The van der Waals surface area contributed by atoms with Crippen LogP contribution in [0.5, 0.6) is 0 Å². The molecular weight excluding hydrogens is 412 g/mol. The second kappa shape index (κ2) is 8.66. The van der Waals surface area contributed by atoms with Crippen molar-refractivity contribution in [2.75, 3.05) is 31.1 Å². The highest BCUT2D eigenvalue weighted by Crippen LogP contribution is 2.30. The average Bonchev–Trinajstić information content (AvgIpc) is 3.21. The molecule has 1 saturated heterocycles. The van der Waals surface area contributed by atoms with Gasteiger partial charge in [0.15, 0.2) is 0 Å². The molecule has 4 rings (SSSR count). The molecule has 2 amide bonds. The predicted octanol–water partition coefficient (Wildman–Crippen LogP) is 2.15. The van der Waals surface area contributed by atoms with E-state index in [4.69, 9.17) is 0 Å². The summed E-state index contributed by atoms with van der Waals surface area (Å²) in [5.41, 5.74) is 3.05. The van der Waals surface area contributed by atoms with Gasteiger partial charge in [-0.3, -0.25) is 19.7 Å². The molecule has 166 valence electrons. The molecular formula is C22H24N6O4. The number of rotatable bonds is 5. The Morgan fingerprint density at radius 1 is 1.16 bits per heavy atom. The number of pyridine rings is 1. The number of carbonyl (C=O) groups is 2. The van der Waals surface area contributed by atoms with Crippen molar-refractivity contribution in [1.82, 2.24) is 19.6 Å². The van der Waals surface area contributed by atoms with Crippen LogP contribution >= 0.6 is 0 Å². The molecule has 3 heterocycles. The van der Waals surface area contributed by atoms with E-state index in [1.54, 1.807) is 17.0 Å². The van der Waals surface area contributed by atoms with Gasteiger partial charge in [0, 0.05) is 56.6 Å². The van der Waals surface area contributed by atoms with Crippen LogP contribution in [0.25, 0.3) is 5.65 Å². The van der Waals surface area contributed by atoms with Crippen LogP contribution in [-0.2, 0) is 11.3 Å². The Bertz CT molecular complexity index is 1200. The molecule has 0 atom stereocenters. The summed E-state index contributed by atoms with van der Waals surface area (Å²) in [6.07, 6.45) is 1.86. The van der Waals surface area contributed by atoms with Gasteiger partial charge in [-0.2, -0.15) is 0 Å². The number of anilines is 1. The summed E-state index contributed by atoms with van der Waals surface area (Å²) in [6, 6.07) is 10.3. The third kappa shape index (κ3) is 4.25.